The summed E-state index contributed by atoms with van der Waals surface area (Å²) in [5.74, 6) is 0.856. The quantitative estimate of drug-likeness (QED) is 0.302. The first kappa shape index (κ1) is 21.5. The molecule has 2 aromatic carbocycles. The topological polar surface area (TPSA) is 76.9 Å². The molecule has 1 amide bonds. The van der Waals surface area contributed by atoms with Gasteiger partial charge in [0, 0.05) is 24.2 Å². The van der Waals surface area contributed by atoms with Crippen molar-refractivity contribution in [2.45, 2.75) is 31.5 Å². The van der Waals surface area contributed by atoms with Crippen LogP contribution in [0.3, 0.4) is 0 Å². The first-order valence-electron chi connectivity index (χ1n) is 9.67. The maximum Gasteiger partial charge on any atom is 0.234 e. The van der Waals surface area contributed by atoms with Crippen molar-refractivity contribution in [2.75, 3.05) is 11.1 Å². The Morgan fingerprint density at radius 2 is 1.90 bits per heavy atom. The van der Waals surface area contributed by atoms with Gasteiger partial charge in [-0.2, -0.15) is 0 Å². The minimum absolute atomic E-state index is 0.0407. The zero-order valence-electron chi connectivity index (χ0n) is 16.9. The fraction of sp³-hybridized carbons (Fsp3) is 0.217. The second-order valence-corrected chi connectivity index (χ2v) is 7.70. The summed E-state index contributed by atoms with van der Waals surface area (Å²) in [7, 11) is 0. The van der Waals surface area contributed by atoms with E-state index in [9.17, 15) is 9.59 Å². The van der Waals surface area contributed by atoms with Crippen LogP contribution >= 0.6 is 11.8 Å². The summed E-state index contributed by atoms with van der Waals surface area (Å²) in [6, 6.07) is 17.1. The molecule has 3 rings (SSSR count). The second-order valence-electron chi connectivity index (χ2n) is 6.76. The van der Waals surface area contributed by atoms with Crippen LogP contribution < -0.4 is 5.32 Å². The van der Waals surface area contributed by atoms with Gasteiger partial charge in [-0.05, 0) is 31.0 Å². The summed E-state index contributed by atoms with van der Waals surface area (Å²) in [6.45, 7) is 5.90. The fourth-order valence-corrected chi connectivity index (χ4v) is 3.73. The minimum atomic E-state index is -0.167. The lowest BCUT2D eigenvalue weighted by Gasteiger charge is -2.09. The van der Waals surface area contributed by atoms with E-state index in [-0.39, 0.29) is 17.4 Å². The van der Waals surface area contributed by atoms with Crippen LogP contribution in [0.5, 0.6) is 0 Å². The van der Waals surface area contributed by atoms with Gasteiger partial charge in [0.1, 0.15) is 5.82 Å². The summed E-state index contributed by atoms with van der Waals surface area (Å²) < 4.78 is 1.99. The Bertz CT molecular complexity index is 1030. The number of amides is 1. The molecule has 3 aromatic rings. The van der Waals surface area contributed by atoms with E-state index in [1.807, 2.05) is 22.8 Å². The highest BCUT2D eigenvalue weighted by Crippen LogP contribution is 2.19. The third kappa shape index (κ3) is 5.90. The third-order valence-corrected chi connectivity index (χ3v) is 5.44. The highest BCUT2D eigenvalue weighted by atomic mass is 32.2. The number of carbonyl (C=O) groups excluding carboxylic acids is 2. The Balaban J connectivity index is 1.61. The average Bonchev–Trinajstić information content (AvgIpc) is 3.13. The molecule has 0 aliphatic rings. The molecule has 30 heavy (non-hydrogen) atoms. The Kier molecular flexibility index (Phi) is 7.57. The van der Waals surface area contributed by atoms with Crippen LogP contribution in [0.2, 0.25) is 0 Å². The van der Waals surface area contributed by atoms with Gasteiger partial charge in [0.2, 0.25) is 5.91 Å². The number of carbonyl (C=O) groups is 2. The highest BCUT2D eigenvalue weighted by molar-refractivity contribution is 7.99. The predicted molar refractivity (Wildman–Crippen MR) is 120 cm³/mol. The molecular weight excluding hydrogens is 396 g/mol. The van der Waals surface area contributed by atoms with Crippen molar-refractivity contribution in [1.82, 2.24) is 14.8 Å². The second kappa shape index (κ2) is 10.5. The first-order chi connectivity index (χ1) is 14.6. The van der Waals surface area contributed by atoms with E-state index >= 15 is 0 Å². The van der Waals surface area contributed by atoms with Gasteiger partial charge >= 0.3 is 0 Å². The Morgan fingerprint density at radius 3 is 2.63 bits per heavy atom. The molecule has 1 N–H and O–H groups in total. The zero-order valence-corrected chi connectivity index (χ0v) is 17.7. The van der Waals surface area contributed by atoms with Crippen molar-refractivity contribution in [3.05, 3.63) is 84.2 Å². The summed E-state index contributed by atoms with van der Waals surface area (Å²) in [6.07, 6.45) is 3.43. The molecule has 0 bridgehead atoms. The first-order valence-corrected chi connectivity index (χ1v) is 10.7. The molecule has 0 radical (unpaired) electrons. The minimum Gasteiger partial charge on any atom is -0.325 e. The smallest absolute Gasteiger partial charge is 0.234 e. The average molecular weight is 421 g/mol. The van der Waals surface area contributed by atoms with E-state index in [2.05, 4.69) is 34.2 Å². The number of aryl methyl sites for hydroxylation is 2. The van der Waals surface area contributed by atoms with Gasteiger partial charge in [0.25, 0.3) is 0 Å². The van der Waals surface area contributed by atoms with Crippen LogP contribution in [0.15, 0.2) is 72.4 Å². The molecule has 1 heterocycles. The molecule has 0 saturated heterocycles. The van der Waals surface area contributed by atoms with E-state index in [4.69, 9.17) is 0 Å². The van der Waals surface area contributed by atoms with Crippen molar-refractivity contribution in [2.24, 2.45) is 0 Å². The van der Waals surface area contributed by atoms with Crippen LogP contribution in [-0.4, -0.2) is 32.2 Å². The number of benzene rings is 2. The van der Waals surface area contributed by atoms with Crippen LogP contribution in [-0.2, 0) is 24.2 Å². The molecule has 0 aliphatic carbocycles. The molecule has 6 nitrogen and oxygen atoms in total. The van der Waals surface area contributed by atoms with Gasteiger partial charge in [-0.3, -0.25) is 9.59 Å². The van der Waals surface area contributed by atoms with Crippen molar-refractivity contribution >= 4 is 29.1 Å². The number of allylic oxidation sites excluding steroid dienone is 1. The van der Waals surface area contributed by atoms with Crippen LogP contribution in [0.25, 0.3) is 0 Å². The van der Waals surface area contributed by atoms with Crippen LogP contribution in [0, 0.1) is 0 Å². The number of rotatable bonds is 10. The van der Waals surface area contributed by atoms with Crippen molar-refractivity contribution < 1.29 is 9.59 Å². The Morgan fingerprint density at radius 1 is 1.10 bits per heavy atom. The van der Waals surface area contributed by atoms with E-state index in [1.54, 1.807) is 30.3 Å². The molecule has 0 aliphatic heterocycles. The summed E-state index contributed by atoms with van der Waals surface area (Å²) in [5.41, 5.74) is 2.41. The zero-order chi connectivity index (χ0) is 21.3. The molecule has 154 valence electrons. The lowest BCUT2D eigenvalue weighted by Crippen LogP contribution is -2.15. The standard InChI is InChI=1S/C23H24N4O2S/c1-3-14-27-21(13-12-18-8-5-4-6-9-18)25-26-23(27)30-16-22(29)24-20-11-7-10-19(15-20)17(2)28/h3-11,15H,1,12-14,16H2,2H3,(H,24,29). The summed E-state index contributed by atoms with van der Waals surface area (Å²) in [5, 5.41) is 12.1. The van der Waals surface area contributed by atoms with Crippen molar-refractivity contribution in [1.29, 1.82) is 0 Å². The molecule has 0 saturated carbocycles. The molecule has 0 spiro atoms. The van der Waals surface area contributed by atoms with Crippen LogP contribution in [0.1, 0.15) is 28.7 Å². The number of hydrogen-bond acceptors (Lipinski definition) is 5. The van der Waals surface area contributed by atoms with Crippen molar-refractivity contribution in [3.63, 3.8) is 0 Å². The van der Waals surface area contributed by atoms with E-state index in [0.717, 1.165) is 18.7 Å². The summed E-state index contributed by atoms with van der Waals surface area (Å²) >= 11 is 1.33. The van der Waals surface area contributed by atoms with Gasteiger partial charge in [0.05, 0.1) is 5.75 Å². The highest BCUT2D eigenvalue weighted by Gasteiger charge is 2.14. The largest absolute Gasteiger partial charge is 0.325 e. The number of thioether (sulfide) groups is 1. The number of ketones is 1. The summed E-state index contributed by atoms with van der Waals surface area (Å²) in [4.78, 5) is 23.9. The van der Waals surface area contributed by atoms with E-state index in [0.29, 0.717) is 23.0 Å². The number of aromatic nitrogens is 3. The maximum absolute atomic E-state index is 12.4. The number of hydrogen-bond donors (Lipinski definition) is 1. The SMILES string of the molecule is C=CCn1c(CCc2ccccc2)nnc1SCC(=O)Nc1cccc(C(C)=O)c1. The maximum atomic E-state index is 12.4. The van der Waals surface area contributed by atoms with E-state index in [1.165, 1.54) is 24.2 Å². The Labute approximate surface area is 180 Å². The molecule has 0 unspecified atom stereocenters. The number of Topliss-reactive ketones (excluding diaryl/α,β-unsaturated/α-hetero) is 1. The number of nitrogens with one attached hydrogen (secondary N) is 1. The van der Waals surface area contributed by atoms with Gasteiger partial charge in [0.15, 0.2) is 10.9 Å². The molecule has 1 aromatic heterocycles. The Hall–Kier alpha value is -3.19. The number of nitrogens with zero attached hydrogens (tertiary/aromatic N) is 3. The monoisotopic (exact) mass is 420 g/mol. The van der Waals surface area contributed by atoms with E-state index < -0.39 is 0 Å². The van der Waals surface area contributed by atoms with Gasteiger partial charge in [-0.25, -0.2) is 0 Å². The van der Waals surface area contributed by atoms with Gasteiger partial charge in [-0.15, -0.1) is 16.8 Å². The van der Waals surface area contributed by atoms with Gasteiger partial charge in [-0.1, -0.05) is 60.3 Å². The van der Waals surface area contributed by atoms with Gasteiger partial charge < -0.3 is 9.88 Å². The molecular formula is C23H24N4O2S. The number of anilines is 1. The van der Waals surface area contributed by atoms with Crippen LogP contribution in [0.4, 0.5) is 5.69 Å². The molecule has 0 atom stereocenters. The fourth-order valence-electron chi connectivity index (χ4n) is 2.97. The third-order valence-electron chi connectivity index (χ3n) is 4.47. The molecule has 7 heteroatoms. The lowest BCUT2D eigenvalue weighted by atomic mass is 10.1. The molecule has 0 fully saturated rings. The van der Waals surface area contributed by atoms with Crippen molar-refractivity contribution in [3.8, 4) is 0 Å². The lowest BCUT2D eigenvalue weighted by molar-refractivity contribution is -0.113. The predicted octanol–water partition coefficient (Wildman–Crippen LogP) is 4.18. The normalized spacial score (nSPS) is 10.6.